The summed E-state index contributed by atoms with van der Waals surface area (Å²) in [6, 6.07) is 6.44. The molecule has 0 heterocycles. The van der Waals surface area contributed by atoms with Gasteiger partial charge in [0, 0.05) is 0 Å². The van der Waals surface area contributed by atoms with E-state index in [9.17, 15) is 4.89 Å². The van der Waals surface area contributed by atoms with Crippen molar-refractivity contribution in [1.82, 2.24) is 0 Å². The van der Waals surface area contributed by atoms with Crippen LogP contribution in [0, 0.1) is 0 Å². The molecule has 42 heavy (non-hydrogen) atoms. The summed E-state index contributed by atoms with van der Waals surface area (Å²) in [5.74, 6) is 0.852. The molecule has 4 heteroatoms. The maximum absolute atomic E-state index is 10.6. The van der Waals surface area contributed by atoms with Crippen molar-refractivity contribution < 1.29 is 13.9 Å². The fourth-order valence-corrected chi connectivity index (χ4v) is 6.62. The van der Waals surface area contributed by atoms with Crippen molar-refractivity contribution in [1.29, 1.82) is 0 Å². The Bertz CT molecular complexity index is 695. The number of aryl methyl sites for hydroxylation is 1. The molecule has 1 N–H and O–H groups in total. The predicted octanol–water partition coefficient (Wildman–Crippen LogP) is 13.6. The molecule has 0 bridgehead atoms. The number of hydrogen-bond donors (Lipinski definition) is 1. The van der Waals surface area contributed by atoms with Gasteiger partial charge in [-0.05, 0) is 49.3 Å². The highest BCUT2D eigenvalue weighted by Crippen LogP contribution is 2.38. The summed E-state index contributed by atoms with van der Waals surface area (Å²) in [5, 5.41) is 0. The van der Waals surface area contributed by atoms with E-state index in [1.165, 1.54) is 172 Å². The van der Waals surface area contributed by atoms with Crippen molar-refractivity contribution in [3.63, 3.8) is 0 Å². The van der Waals surface area contributed by atoms with Crippen LogP contribution in [0.15, 0.2) is 18.2 Å². The van der Waals surface area contributed by atoms with Crippen molar-refractivity contribution in [3.8, 4) is 5.75 Å². The van der Waals surface area contributed by atoms with E-state index >= 15 is 0 Å². The summed E-state index contributed by atoms with van der Waals surface area (Å²) >= 11 is 0. The first-order valence-corrected chi connectivity index (χ1v) is 19.8. The van der Waals surface area contributed by atoms with Crippen LogP contribution in [0.2, 0.25) is 0 Å². The normalized spacial score (nSPS) is 12.2. The van der Waals surface area contributed by atoms with Gasteiger partial charge < -0.3 is 13.9 Å². The van der Waals surface area contributed by atoms with Crippen LogP contribution in [0.3, 0.4) is 0 Å². The zero-order chi connectivity index (χ0) is 30.4. The third-order valence-corrected chi connectivity index (χ3v) is 9.44. The van der Waals surface area contributed by atoms with Gasteiger partial charge in [0.25, 0.3) is 0 Å². The van der Waals surface area contributed by atoms with Gasteiger partial charge in [-0.15, -0.1) is 0 Å². The molecule has 1 aromatic carbocycles. The SMILES string of the molecule is CCCCCCCCCCCCCCOP(O)Oc1cccc(CCCCCCCCC)c1CCCCCCCCC. The Morgan fingerprint density at radius 2 is 0.905 bits per heavy atom. The summed E-state index contributed by atoms with van der Waals surface area (Å²) in [4.78, 5) is 10.6. The van der Waals surface area contributed by atoms with Crippen LogP contribution in [-0.2, 0) is 17.4 Å². The lowest BCUT2D eigenvalue weighted by molar-refractivity contribution is 0.253. The van der Waals surface area contributed by atoms with Crippen LogP contribution in [-0.4, -0.2) is 11.5 Å². The van der Waals surface area contributed by atoms with Crippen LogP contribution in [0.5, 0.6) is 5.75 Å². The Morgan fingerprint density at radius 3 is 1.38 bits per heavy atom. The zero-order valence-corrected chi connectivity index (χ0v) is 29.3. The van der Waals surface area contributed by atoms with Crippen molar-refractivity contribution in [2.45, 2.75) is 201 Å². The first kappa shape index (κ1) is 39.4. The van der Waals surface area contributed by atoms with E-state index in [2.05, 4.69) is 32.9 Å². The number of hydrogen-bond acceptors (Lipinski definition) is 3. The van der Waals surface area contributed by atoms with Crippen LogP contribution < -0.4 is 4.52 Å². The Kier molecular flexibility index (Phi) is 28.5. The van der Waals surface area contributed by atoms with E-state index in [1.807, 2.05) is 6.07 Å². The molecule has 246 valence electrons. The Hall–Kier alpha value is -0.630. The van der Waals surface area contributed by atoms with Gasteiger partial charge in [0.05, 0.1) is 6.61 Å². The summed E-state index contributed by atoms with van der Waals surface area (Å²) < 4.78 is 11.8. The largest absolute Gasteiger partial charge is 0.427 e. The van der Waals surface area contributed by atoms with E-state index in [-0.39, 0.29) is 0 Å². The molecule has 0 aliphatic rings. The van der Waals surface area contributed by atoms with E-state index in [1.54, 1.807) is 0 Å². The first-order chi connectivity index (χ1) is 20.7. The molecule has 0 aliphatic carbocycles. The molecule has 3 nitrogen and oxygen atoms in total. The number of benzene rings is 1. The molecule has 1 aromatic rings. The number of rotatable bonds is 32. The molecule has 0 aliphatic heterocycles. The van der Waals surface area contributed by atoms with Gasteiger partial charge in [0.1, 0.15) is 5.75 Å². The molecule has 0 spiro atoms. The minimum atomic E-state index is -1.88. The molecule has 1 atom stereocenters. The fraction of sp³-hybridized carbons (Fsp3) is 0.842. The van der Waals surface area contributed by atoms with Gasteiger partial charge in [-0.25, -0.2) is 0 Å². The van der Waals surface area contributed by atoms with Crippen molar-refractivity contribution in [2.24, 2.45) is 0 Å². The lowest BCUT2D eigenvalue weighted by Gasteiger charge is -2.18. The lowest BCUT2D eigenvalue weighted by atomic mass is 9.95. The van der Waals surface area contributed by atoms with Gasteiger partial charge >= 0.3 is 8.60 Å². The van der Waals surface area contributed by atoms with E-state index in [0.717, 1.165) is 25.0 Å². The highest BCUT2D eigenvalue weighted by molar-refractivity contribution is 7.41. The standard InChI is InChI=1S/C38H71O3P/c1-4-7-10-13-16-17-18-19-20-23-26-29-35-40-42(39)41-38-34-30-32-36(31-27-24-21-14-11-8-5-2)37(38)33-28-25-22-15-12-9-6-3/h30,32,34,39H,4-29,31,33,35H2,1-3H3. The Balaban J connectivity index is 2.39. The lowest BCUT2D eigenvalue weighted by Crippen LogP contribution is -2.02. The molecular weight excluding hydrogens is 535 g/mol. The highest BCUT2D eigenvalue weighted by atomic mass is 31.2. The highest BCUT2D eigenvalue weighted by Gasteiger charge is 2.15. The fourth-order valence-electron chi connectivity index (χ4n) is 5.94. The van der Waals surface area contributed by atoms with Crippen LogP contribution >= 0.6 is 8.60 Å². The topological polar surface area (TPSA) is 38.7 Å². The third kappa shape index (κ3) is 22.8. The van der Waals surface area contributed by atoms with E-state index in [0.29, 0.717) is 6.61 Å². The van der Waals surface area contributed by atoms with E-state index < -0.39 is 8.60 Å². The Morgan fingerprint density at radius 1 is 0.500 bits per heavy atom. The number of unbranched alkanes of at least 4 members (excludes halogenated alkanes) is 23. The molecule has 0 amide bonds. The molecule has 1 rings (SSSR count). The molecule has 1 unspecified atom stereocenters. The van der Waals surface area contributed by atoms with Crippen molar-refractivity contribution in [2.75, 3.05) is 6.61 Å². The molecule has 0 aromatic heterocycles. The maximum Gasteiger partial charge on any atom is 0.394 e. The van der Waals surface area contributed by atoms with Gasteiger partial charge in [-0.1, -0.05) is 181 Å². The zero-order valence-electron chi connectivity index (χ0n) is 28.4. The van der Waals surface area contributed by atoms with Gasteiger partial charge in [-0.3, -0.25) is 0 Å². The molecule has 0 saturated heterocycles. The Labute approximate surface area is 264 Å². The first-order valence-electron chi connectivity index (χ1n) is 18.6. The monoisotopic (exact) mass is 607 g/mol. The second-order valence-electron chi connectivity index (χ2n) is 12.7. The summed E-state index contributed by atoms with van der Waals surface area (Å²) in [5.41, 5.74) is 2.73. The van der Waals surface area contributed by atoms with Crippen LogP contribution in [0.4, 0.5) is 0 Å². The molecule has 0 saturated carbocycles. The third-order valence-electron chi connectivity index (χ3n) is 8.69. The van der Waals surface area contributed by atoms with Gasteiger partial charge in [-0.2, -0.15) is 0 Å². The smallest absolute Gasteiger partial charge is 0.394 e. The van der Waals surface area contributed by atoms with Crippen LogP contribution in [0.25, 0.3) is 0 Å². The van der Waals surface area contributed by atoms with Gasteiger partial charge in [0.2, 0.25) is 0 Å². The molecule has 0 fully saturated rings. The maximum atomic E-state index is 10.6. The molecular formula is C38H71O3P. The van der Waals surface area contributed by atoms with E-state index in [4.69, 9.17) is 9.05 Å². The summed E-state index contributed by atoms with van der Waals surface area (Å²) in [6.07, 6.45) is 36.6. The molecule has 0 radical (unpaired) electrons. The minimum Gasteiger partial charge on any atom is -0.427 e. The summed E-state index contributed by atoms with van der Waals surface area (Å²) in [6.45, 7) is 7.43. The average Bonchev–Trinajstić information content (AvgIpc) is 2.99. The minimum absolute atomic E-state index is 0.588. The van der Waals surface area contributed by atoms with Crippen LogP contribution in [0.1, 0.15) is 199 Å². The second-order valence-corrected chi connectivity index (χ2v) is 13.6. The van der Waals surface area contributed by atoms with Crippen molar-refractivity contribution >= 4 is 8.60 Å². The predicted molar refractivity (Wildman–Crippen MR) is 187 cm³/mol. The summed E-state index contributed by atoms with van der Waals surface area (Å²) in [7, 11) is -1.88. The van der Waals surface area contributed by atoms with Gasteiger partial charge in [0.15, 0.2) is 0 Å². The van der Waals surface area contributed by atoms with Crippen molar-refractivity contribution in [3.05, 3.63) is 29.3 Å². The average molecular weight is 607 g/mol. The quantitative estimate of drug-likeness (QED) is 0.0655. The second kappa shape index (κ2) is 30.4.